The first-order valence-corrected chi connectivity index (χ1v) is 5.03. The molecule has 0 spiro atoms. The first-order valence-electron chi connectivity index (χ1n) is 5.03. The minimum absolute atomic E-state index is 0.101. The topological polar surface area (TPSA) is 53.4 Å². The summed E-state index contributed by atoms with van der Waals surface area (Å²) in [4.78, 5) is 3.55. The largest absolute Gasteiger partial charge is 0.490 e. The van der Waals surface area contributed by atoms with Crippen LogP contribution in [0.1, 0.15) is 26.0 Å². The maximum absolute atomic E-state index is 13.6. The second-order valence-electron chi connectivity index (χ2n) is 4.15. The van der Waals surface area contributed by atoms with Gasteiger partial charge in [0.2, 0.25) is 0 Å². The van der Waals surface area contributed by atoms with Crippen LogP contribution in [0.2, 0.25) is 0 Å². The van der Waals surface area contributed by atoms with Gasteiger partial charge in [0.05, 0.1) is 0 Å². The van der Waals surface area contributed by atoms with E-state index in [1.54, 1.807) is 13.8 Å². The second-order valence-corrected chi connectivity index (χ2v) is 4.15. The molecule has 3 nitrogen and oxygen atoms in total. The molecule has 6 heteroatoms. The molecule has 0 bridgehead atoms. The van der Waals surface area contributed by atoms with Crippen molar-refractivity contribution in [3.05, 3.63) is 24.0 Å². The summed E-state index contributed by atoms with van der Waals surface area (Å²) in [6, 6.07) is 2.36. The van der Waals surface area contributed by atoms with Crippen molar-refractivity contribution < 1.29 is 18.8 Å². The van der Waals surface area contributed by atoms with E-state index in [1.165, 1.54) is 6.07 Å². The van der Waals surface area contributed by atoms with E-state index in [2.05, 4.69) is 4.98 Å². The van der Waals surface area contributed by atoms with Crippen LogP contribution >= 0.6 is 0 Å². The van der Waals surface area contributed by atoms with E-state index in [0.717, 1.165) is 12.3 Å². The summed E-state index contributed by atoms with van der Waals surface area (Å²) in [5, 5.41) is 17.6. The average molecular weight is 229 g/mol. The molecule has 0 saturated carbocycles. The third-order valence-electron chi connectivity index (χ3n) is 2.12. The van der Waals surface area contributed by atoms with Crippen molar-refractivity contribution in [2.24, 2.45) is 5.92 Å². The van der Waals surface area contributed by atoms with Gasteiger partial charge in [-0.15, -0.1) is 0 Å². The molecule has 1 heterocycles. The average Bonchev–Trinajstić information content (AvgIpc) is 2.16. The molecule has 0 atom stereocenters. The fourth-order valence-corrected chi connectivity index (χ4v) is 1.39. The lowest BCUT2D eigenvalue weighted by Gasteiger charge is -2.17. The fraction of sp³-hybridized carbons (Fsp3) is 0.500. The zero-order chi connectivity index (χ0) is 12.3. The molecule has 2 N–H and O–H groups in total. The first-order chi connectivity index (χ1) is 7.33. The lowest BCUT2D eigenvalue weighted by atomic mass is 9.81. The number of hydrogen-bond acceptors (Lipinski definition) is 3. The van der Waals surface area contributed by atoms with Gasteiger partial charge in [-0.2, -0.15) is 8.78 Å². The normalized spacial score (nSPS) is 11.9. The maximum atomic E-state index is 13.6. The third-order valence-corrected chi connectivity index (χ3v) is 2.12. The zero-order valence-corrected chi connectivity index (χ0v) is 9.19. The molecule has 0 aliphatic heterocycles. The Hall–Kier alpha value is -1.01. The van der Waals surface area contributed by atoms with Gasteiger partial charge in [0, 0.05) is 18.1 Å². The molecule has 1 rings (SSSR count). The number of halogens is 2. The Kier molecular flexibility index (Phi) is 3.99. The highest BCUT2D eigenvalue weighted by Gasteiger charge is 2.34. The fourth-order valence-electron chi connectivity index (χ4n) is 1.39. The summed E-state index contributed by atoms with van der Waals surface area (Å²) >= 11 is 0. The van der Waals surface area contributed by atoms with Crippen LogP contribution < -0.4 is 5.46 Å². The van der Waals surface area contributed by atoms with Crippen molar-refractivity contribution in [3.63, 3.8) is 0 Å². The summed E-state index contributed by atoms with van der Waals surface area (Å²) < 4.78 is 27.1. The molecule has 0 radical (unpaired) electrons. The number of aromatic nitrogens is 1. The molecule has 0 aliphatic carbocycles. The molecular formula is C10H14BF2NO2. The zero-order valence-electron chi connectivity index (χ0n) is 9.19. The van der Waals surface area contributed by atoms with E-state index in [1.807, 2.05) is 0 Å². The summed E-state index contributed by atoms with van der Waals surface area (Å²) in [5.74, 6) is -3.12. The molecule has 0 aromatic carbocycles. The molecule has 1 aromatic heterocycles. The van der Waals surface area contributed by atoms with Gasteiger partial charge in [-0.3, -0.25) is 4.98 Å². The van der Waals surface area contributed by atoms with Crippen molar-refractivity contribution in [3.8, 4) is 0 Å². The van der Waals surface area contributed by atoms with Crippen molar-refractivity contribution in [2.45, 2.75) is 26.2 Å². The maximum Gasteiger partial charge on any atom is 0.490 e. The molecule has 0 unspecified atom stereocenters. The second kappa shape index (κ2) is 4.89. The van der Waals surface area contributed by atoms with Crippen LogP contribution in [-0.4, -0.2) is 22.2 Å². The lowest BCUT2D eigenvalue weighted by molar-refractivity contribution is -0.0291. The van der Waals surface area contributed by atoms with Gasteiger partial charge >= 0.3 is 7.12 Å². The Morgan fingerprint density at radius 3 is 2.38 bits per heavy atom. The summed E-state index contributed by atoms with van der Waals surface area (Å²) in [6.07, 6.45) is 0.773. The number of alkyl halides is 2. The Balaban J connectivity index is 2.88. The molecule has 0 saturated heterocycles. The first kappa shape index (κ1) is 13.1. The Labute approximate surface area is 93.3 Å². The van der Waals surface area contributed by atoms with Crippen LogP contribution in [-0.2, 0) is 5.92 Å². The third kappa shape index (κ3) is 3.25. The van der Waals surface area contributed by atoms with Gasteiger partial charge in [-0.1, -0.05) is 19.9 Å². The SMILES string of the molecule is CC(C)CC(F)(F)c1ccc(B(O)O)cn1. The molecular weight excluding hydrogens is 215 g/mol. The van der Waals surface area contributed by atoms with Crippen LogP contribution in [0.5, 0.6) is 0 Å². The highest BCUT2D eigenvalue weighted by atomic mass is 19.3. The minimum Gasteiger partial charge on any atom is -0.423 e. The summed E-state index contributed by atoms with van der Waals surface area (Å²) in [6.45, 7) is 3.42. The van der Waals surface area contributed by atoms with E-state index in [0.29, 0.717) is 0 Å². The smallest absolute Gasteiger partial charge is 0.423 e. The van der Waals surface area contributed by atoms with Gasteiger partial charge in [0.25, 0.3) is 5.92 Å². The van der Waals surface area contributed by atoms with Gasteiger partial charge in [-0.25, -0.2) is 0 Å². The van der Waals surface area contributed by atoms with Crippen molar-refractivity contribution >= 4 is 12.6 Å². The van der Waals surface area contributed by atoms with E-state index < -0.39 is 13.0 Å². The monoisotopic (exact) mass is 229 g/mol. The number of pyridine rings is 1. The van der Waals surface area contributed by atoms with E-state index >= 15 is 0 Å². The van der Waals surface area contributed by atoms with Crippen molar-refractivity contribution in [1.29, 1.82) is 0 Å². The molecule has 1 aromatic rings. The molecule has 88 valence electrons. The molecule has 0 fully saturated rings. The van der Waals surface area contributed by atoms with Gasteiger partial charge < -0.3 is 10.0 Å². The highest BCUT2D eigenvalue weighted by molar-refractivity contribution is 6.58. The number of nitrogens with zero attached hydrogens (tertiary/aromatic N) is 1. The van der Waals surface area contributed by atoms with E-state index in [-0.39, 0.29) is 23.5 Å². The standard InChI is InChI=1S/C10H14BF2NO2/c1-7(2)5-10(12,13)9-4-3-8(6-14-9)11(15)16/h3-4,6-7,15-16H,5H2,1-2H3. The molecule has 16 heavy (non-hydrogen) atoms. The van der Waals surface area contributed by atoms with Crippen LogP contribution in [0.15, 0.2) is 18.3 Å². The predicted octanol–water partition coefficient (Wildman–Crippen LogP) is 0.899. The Morgan fingerprint density at radius 2 is 2.00 bits per heavy atom. The summed E-state index contributed by atoms with van der Waals surface area (Å²) in [7, 11) is -1.68. The molecule has 0 aliphatic rings. The lowest BCUT2D eigenvalue weighted by Crippen LogP contribution is -2.31. The highest BCUT2D eigenvalue weighted by Crippen LogP contribution is 2.32. The van der Waals surface area contributed by atoms with Crippen LogP contribution in [0, 0.1) is 5.92 Å². The predicted molar refractivity (Wildman–Crippen MR) is 57.4 cm³/mol. The van der Waals surface area contributed by atoms with Crippen LogP contribution in [0.4, 0.5) is 8.78 Å². The van der Waals surface area contributed by atoms with Crippen LogP contribution in [0.25, 0.3) is 0 Å². The quantitative estimate of drug-likeness (QED) is 0.754. The number of rotatable bonds is 4. The molecule has 0 amide bonds. The van der Waals surface area contributed by atoms with Crippen LogP contribution in [0.3, 0.4) is 0 Å². The van der Waals surface area contributed by atoms with E-state index in [4.69, 9.17) is 10.0 Å². The van der Waals surface area contributed by atoms with Gasteiger partial charge in [-0.05, 0) is 12.0 Å². The Bertz CT molecular complexity index is 341. The van der Waals surface area contributed by atoms with Crippen molar-refractivity contribution in [2.75, 3.05) is 0 Å². The summed E-state index contributed by atoms with van der Waals surface area (Å²) in [5.41, 5.74) is -0.241. The number of hydrogen-bond donors (Lipinski definition) is 2. The Morgan fingerprint density at radius 1 is 1.38 bits per heavy atom. The van der Waals surface area contributed by atoms with Crippen molar-refractivity contribution in [1.82, 2.24) is 4.98 Å². The van der Waals surface area contributed by atoms with Gasteiger partial charge in [0.1, 0.15) is 5.69 Å². The van der Waals surface area contributed by atoms with Gasteiger partial charge in [0.15, 0.2) is 0 Å². The minimum atomic E-state index is -2.98. The van der Waals surface area contributed by atoms with E-state index in [9.17, 15) is 8.78 Å².